The second-order valence-corrected chi connectivity index (χ2v) is 6.76. The summed E-state index contributed by atoms with van der Waals surface area (Å²) in [6, 6.07) is 3.18. The van der Waals surface area contributed by atoms with Crippen molar-refractivity contribution in [2.24, 2.45) is 0 Å². The topological polar surface area (TPSA) is 75.3 Å². The van der Waals surface area contributed by atoms with Gasteiger partial charge in [-0.25, -0.2) is 13.1 Å². The fourth-order valence-electron chi connectivity index (χ4n) is 1.76. The predicted octanol–water partition coefficient (Wildman–Crippen LogP) is 1.74. The Morgan fingerprint density at radius 3 is 2.40 bits per heavy atom. The van der Waals surface area contributed by atoms with Crippen LogP contribution >= 0.6 is 0 Å². The largest absolute Gasteiger partial charge is 0.350 e. The molecule has 1 unspecified atom stereocenters. The van der Waals surface area contributed by atoms with Crippen LogP contribution in [0.4, 0.5) is 0 Å². The van der Waals surface area contributed by atoms with Gasteiger partial charge in [-0.2, -0.15) is 0 Å². The van der Waals surface area contributed by atoms with E-state index in [1.54, 1.807) is 19.9 Å². The standard InChI is InChI=1S/C14H22N2O3S/c1-6-10(3)16-14(17)12-7-9(2)11(4)13(8-12)20(18,19)15-5/h7-8,10,15H,6H2,1-5H3,(H,16,17). The van der Waals surface area contributed by atoms with E-state index in [1.165, 1.54) is 13.1 Å². The number of hydrogen-bond acceptors (Lipinski definition) is 3. The number of sulfonamides is 1. The third kappa shape index (κ3) is 3.58. The predicted molar refractivity (Wildman–Crippen MR) is 79.4 cm³/mol. The van der Waals surface area contributed by atoms with Crippen molar-refractivity contribution < 1.29 is 13.2 Å². The van der Waals surface area contributed by atoms with Gasteiger partial charge in [-0.1, -0.05) is 6.92 Å². The maximum Gasteiger partial charge on any atom is 0.251 e. The van der Waals surface area contributed by atoms with Gasteiger partial charge < -0.3 is 5.32 Å². The van der Waals surface area contributed by atoms with Crippen LogP contribution in [0.5, 0.6) is 0 Å². The fourth-order valence-corrected chi connectivity index (χ4v) is 2.82. The first-order valence-corrected chi connectivity index (χ1v) is 8.06. The molecule has 0 aliphatic rings. The van der Waals surface area contributed by atoms with Gasteiger partial charge in [0.15, 0.2) is 0 Å². The third-order valence-corrected chi connectivity index (χ3v) is 4.97. The van der Waals surface area contributed by atoms with Gasteiger partial charge in [-0.15, -0.1) is 0 Å². The van der Waals surface area contributed by atoms with Crippen LogP contribution in [-0.4, -0.2) is 27.4 Å². The Kier molecular flexibility index (Phi) is 5.30. The minimum atomic E-state index is -3.57. The SMILES string of the molecule is CCC(C)NC(=O)c1cc(C)c(C)c(S(=O)(=O)NC)c1. The van der Waals surface area contributed by atoms with Gasteiger partial charge in [-0.05, 0) is 57.5 Å². The molecule has 0 aliphatic heterocycles. The van der Waals surface area contributed by atoms with Crippen LogP contribution in [0.25, 0.3) is 0 Å². The normalized spacial score (nSPS) is 13.1. The van der Waals surface area contributed by atoms with E-state index in [0.29, 0.717) is 11.1 Å². The molecule has 1 aromatic rings. The van der Waals surface area contributed by atoms with E-state index in [-0.39, 0.29) is 16.8 Å². The van der Waals surface area contributed by atoms with Crippen molar-refractivity contribution in [2.45, 2.75) is 45.1 Å². The Labute approximate surface area is 120 Å². The summed E-state index contributed by atoms with van der Waals surface area (Å²) in [6.45, 7) is 7.41. The molecule has 1 atom stereocenters. The zero-order valence-corrected chi connectivity index (χ0v) is 13.4. The first kappa shape index (κ1) is 16.7. The number of rotatable bonds is 5. The Balaban J connectivity index is 3.29. The maximum absolute atomic E-state index is 12.1. The Bertz CT molecular complexity index is 609. The molecule has 0 saturated heterocycles. The smallest absolute Gasteiger partial charge is 0.251 e. The summed E-state index contributed by atoms with van der Waals surface area (Å²) in [6.07, 6.45) is 0.818. The molecular weight excluding hydrogens is 276 g/mol. The Morgan fingerprint density at radius 1 is 1.30 bits per heavy atom. The molecule has 112 valence electrons. The molecule has 1 amide bonds. The van der Waals surface area contributed by atoms with Crippen LogP contribution in [0, 0.1) is 13.8 Å². The van der Waals surface area contributed by atoms with Crippen LogP contribution in [0.2, 0.25) is 0 Å². The van der Waals surface area contributed by atoms with Gasteiger partial charge in [0.2, 0.25) is 10.0 Å². The van der Waals surface area contributed by atoms with Crippen LogP contribution in [-0.2, 0) is 10.0 Å². The molecule has 0 spiro atoms. The monoisotopic (exact) mass is 298 g/mol. The van der Waals surface area contributed by atoms with Crippen molar-refractivity contribution in [3.8, 4) is 0 Å². The number of benzene rings is 1. The average molecular weight is 298 g/mol. The zero-order valence-electron chi connectivity index (χ0n) is 12.6. The van der Waals surface area contributed by atoms with Gasteiger partial charge in [0, 0.05) is 11.6 Å². The maximum atomic E-state index is 12.1. The summed E-state index contributed by atoms with van der Waals surface area (Å²) in [4.78, 5) is 12.3. The minimum Gasteiger partial charge on any atom is -0.350 e. The fraction of sp³-hybridized carbons (Fsp3) is 0.500. The summed E-state index contributed by atoms with van der Waals surface area (Å²) < 4.78 is 26.3. The van der Waals surface area contributed by atoms with E-state index in [4.69, 9.17) is 0 Å². The average Bonchev–Trinajstić information content (AvgIpc) is 2.40. The lowest BCUT2D eigenvalue weighted by molar-refractivity contribution is 0.0939. The summed E-state index contributed by atoms with van der Waals surface area (Å²) in [5.41, 5.74) is 1.79. The van der Waals surface area contributed by atoms with Crippen molar-refractivity contribution in [1.82, 2.24) is 10.0 Å². The van der Waals surface area contributed by atoms with E-state index in [2.05, 4.69) is 10.0 Å². The van der Waals surface area contributed by atoms with E-state index < -0.39 is 10.0 Å². The molecule has 0 heterocycles. The molecule has 0 bridgehead atoms. The number of amides is 1. The van der Waals surface area contributed by atoms with E-state index in [9.17, 15) is 13.2 Å². The first-order chi connectivity index (χ1) is 9.22. The van der Waals surface area contributed by atoms with Gasteiger partial charge in [0.1, 0.15) is 0 Å². The summed E-state index contributed by atoms with van der Waals surface area (Å²) in [5, 5.41) is 2.84. The summed E-state index contributed by atoms with van der Waals surface area (Å²) in [7, 11) is -2.21. The molecule has 0 saturated carbocycles. The highest BCUT2D eigenvalue weighted by Gasteiger charge is 2.19. The first-order valence-electron chi connectivity index (χ1n) is 6.58. The number of hydrogen-bond donors (Lipinski definition) is 2. The molecule has 2 N–H and O–H groups in total. The molecule has 20 heavy (non-hydrogen) atoms. The molecule has 1 aromatic carbocycles. The molecule has 0 fully saturated rings. The number of nitrogens with one attached hydrogen (secondary N) is 2. The van der Waals surface area contributed by atoms with Crippen molar-refractivity contribution in [2.75, 3.05) is 7.05 Å². The van der Waals surface area contributed by atoms with Crippen molar-refractivity contribution in [3.05, 3.63) is 28.8 Å². The van der Waals surface area contributed by atoms with E-state index in [1.807, 2.05) is 13.8 Å². The Morgan fingerprint density at radius 2 is 1.90 bits per heavy atom. The molecule has 0 aliphatic carbocycles. The number of carbonyl (C=O) groups excluding carboxylic acids is 1. The number of aryl methyl sites for hydroxylation is 1. The summed E-state index contributed by atoms with van der Waals surface area (Å²) in [5.74, 6) is -0.255. The lowest BCUT2D eigenvalue weighted by atomic mass is 10.1. The summed E-state index contributed by atoms with van der Waals surface area (Å²) >= 11 is 0. The molecule has 5 nitrogen and oxygen atoms in total. The highest BCUT2D eigenvalue weighted by atomic mass is 32.2. The highest BCUT2D eigenvalue weighted by molar-refractivity contribution is 7.89. The second-order valence-electron chi connectivity index (χ2n) is 4.91. The van der Waals surface area contributed by atoms with Gasteiger partial charge in [0.25, 0.3) is 5.91 Å². The van der Waals surface area contributed by atoms with Crippen molar-refractivity contribution in [3.63, 3.8) is 0 Å². The lowest BCUT2D eigenvalue weighted by Gasteiger charge is -2.14. The lowest BCUT2D eigenvalue weighted by Crippen LogP contribution is -2.32. The van der Waals surface area contributed by atoms with Gasteiger partial charge >= 0.3 is 0 Å². The molecule has 0 aromatic heterocycles. The Hall–Kier alpha value is -1.40. The molecule has 1 rings (SSSR count). The van der Waals surface area contributed by atoms with Crippen molar-refractivity contribution in [1.29, 1.82) is 0 Å². The second kappa shape index (κ2) is 6.37. The molecule has 6 heteroatoms. The number of carbonyl (C=O) groups is 1. The minimum absolute atomic E-state index is 0.0495. The zero-order chi connectivity index (χ0) is 15.5. The van der Waals surface area contributed by atoms with Crippen LogP contribution < -0.4 is 10.0 Å². The van der Waals surface area contributed by atoms with Crippen molar-refractivity contribution >= 4 is 15.9 Å². The van der Waals surface area contributed by atoms with Crippen LogP contribution in [0.3, 0.4) is 0 Å². The van der Waals surface area contributed by atoms with E-state index >= 15 is 0 Å². The van der Waals surface area contributed by atoms with Crippen LogP contribution in [0.1, 0.15) is 41.8 Å². The van der Waals surface area contributed by atoms with Crippen LogP contribution in [0.15, 0.2) is 17.0 Å². The van der Waals surface area contributed by atoms with Gasteiger partial charge in [-0.3, -0.25) is 4.79 Å². The van der Waals surface area contributed by atoms with E-state index in [0.717, 1.165) is 12.0 Å². The quantitative estimate of drug-likeness (QED) is 0.869. The molecular formula is C14H22N2O3S. The highest BCUT2D eigenvalue weighted by Crippen LogP contribution is 2.21. The molecule has 0 radical (unpaired) electrons. The third-order valence-electron chi connectivity index (χ3n) is 3.43. The van der Waals surface area contributed by atoms with Gasteiger partial charge in [0.05, 0.1) is 4.90 Å².